The first kappa shape index (κ1) is 19.5. The van der Waals surface area contributed by atoms with Crippen LogP contribution in [0, 0.1) is 0 Å². The Bertz CT molecular complexity index is 838. The molecule has 0 aliphatic carbocycles. The van der Waals surface area contributed by atoms with Gasteiger partial charge in [0.15, 0.2) is 0 Å². The Morgan fingerprint density at radius 2 is 1.64 bits per heavy atom. The average Bonchev–Trinajstić information content (AvgIpc) is 2.52. The predicted molar refractivity (Wildman–Crippen MR) is 105 cm³/mol. The van der Waals surface area contributed by atoms with Crippen LogP contribution >= 0.6 is 15.9 Å². The van der Waals surface area contributed by atoms with Crippen molar-refractivity contribution in [3.63, 3.8) is 0 Å². The third kappa shape index (κ3) is 5.06. The highest BCUT2D eigenvalue weighted by atomic mass is 79.9. The highest BCUT2D eigenvalue weighted by molar-refractivity contribution is 9.10. The lowest BCUT2D eigenvalue weighted by molar-refractivity contribution is -0.117. The van der Waals surface area contributed by atoms with E-state index in [1.165, 1.54) is 0 Å². The molecule has 0 atom stereocenters. The molecule has 0 aromatic heterocycles. The van der Waals surface area contributed by atoms with E-state index in [9.17, 15) is 13.2 Å². The van der Waals surface area contributed by atoms with Gasteiger partial charge in [0.1, 0.15) is 6.54 Å². The molecule has 0 N–H and O–H groups in total. The summed E-state index contributed by atoms with van der Waals surface area (Å²) >= 11 is 3.34. The molecule has 0 spiro atoms. The maximum Gasteiger partial charge on any atom is 0.247 e. The molecule has 2 aromatic carbocycles. The van der Waals surface area contributed by atoms with Gasteiger partial charge in [0.2, 0.25) is 15.9 Å². The van der Waals surface area contributed by atoms with Crippen LogP contribution in [0.5, 0.6) is 0 Å². The minimum Gasteiger partial charge on any atom is -0.308 e. The second kappa shape index (κ2) is 8.01. The maximum absolute atomic E-state index is 12.9. The van der Waals surface area contributed by atoms with Gasteiger partial charge in [-0.15, -0.1) is 0 Å². The van der Waals surface area contributed by atoms with E-state index >= 15 is 0 Å². The first-order chi connectivity index (χ1) is 11.7. The Morgan fingerprint density at radius 3 is 2.16 bits per heavy atom. The quantitative estimate of drug-likeness (QED) is 0.710. The zero-order chi connectivity index (χ0) is 18.6. The largest absolute Gasteiger partial charge is 0.308 e. The summed E-state index contributed by atoms with van der Waals surface area (Å²) in [5.74, 6) is -0.286. The van der Waals surface area contributed by atoms with Crippen LogP contribution in [-0.2, 0) is 14.8 Å². The summed E-state index contributed by atoms with van der Waals surface area (Å²) in [5.41, 5.74) is 1.19. The SMILES string of the molecule is CC(C)N(C(=O)CN(c1cccc(Br)c1)S(C)(=O)=O)c1ccccc1. The number of carbonyl (C=O) groups excluding carboxylic acids is 1. The van der Waals surface area contributed by atoms with Gasteiger partial charge < -0.3 is 4.90 Å². The molecule has 7 heteroatoms. The van der Waals surface area contributed by atoms with Crippen LogP contribution < -0.4 is 9.21 Å². The van der Waals surface area contributed by atoms with Crippen LogP contribution in [0.25, 0.3) is 0 Å². The van der Waals surface area contributed by atoms with Gasteiger partial charge >= 0.3 is 0 Å². The van der Waals surface area contributed by atoms with E-state index in [2.05, 4.69) is 15.9 Å². The maximum atomic E-state index is 12.9. The number of halogens is 1. The molecule has 0 bridgehead atoms. The van der Waals surface area contributed by atoms with Crippen LogP contribution in [0.2, 0.25) is 0 Å². The van der Waals surface area contributed by atoms with Crippen molar-refractivity contribution >= 4 is 43.2 Å². The van der Waals surface area contributed by atoms with Gasteiger partial charge in [-0.05, 0) is 44.2 Å². The number of para-hydroxylation sites is 1. The van der Waals surface area contributed by atoms with E-state index in [1.807, 2.05) is 44.2 Å². The first-order valence-corrected chi connectivity index (χ1v) is 10.4. The Kier molecular flexibility index (Phi) is 6.24. The summed E-state index contributed by atoms with van der Waals surface area (Å²) in [4.78, 5) is 14.5. The number of sulfonamides is 1. The van der Waals surface area contributed by atoms with Crippen LogP contribution in [0.15, 0.2) is 59.1 Å². The molecule has 0 aliphatic heterocycles. The summed E-state index contributed by atoms with van der Waals surface area (Å²) in [6.07, 6.45) is 1.10. The van der Waals surface area contributed by atoms with Gasteiger partial charge in [0, 0.05) is 16.2 Å². The smallest absolute Gasteiger partial charge is 0.247 e. The van der Waals surface area contributed by atoms with E-state index < -0.39 is 10.0 Å². The Balaban J connectivity index is 2.36. The van der Waals surface area contributed by atoms with Gasteiger partial charge in [-0.2, -0.15) is 0 Å². The van der Waals surface area contributed by atoms with Gasteiger partial charge in [-0.25, -0.2) is 8.42 Å². The lowest BCUT2D eigenvalue weighted by atomic mass is 10.2. The summed E-state index contributed by atoms with van der Waals surface area (Å²) in [6.45, 7) is 3.53. The molecule has 25 heavy (non-hydrogen) atoms. The number of hydrogen-bond acceptors (Lipinski definition) is 3. The fourth-order valence-corrected chi connectivity index (χ4v) is 3.78. The topological polar surface area (TPSA) is 57.7 Å². The number of anilines is 2. The van der Waals surface area contributed by atoms with Crippen LogP contribution in [0.4, 0.5) is 11.4 Å². The fourth-order valence-electron chi connectivity index (χ4n) is 2.55. The van der Waals surface area contributed by atoms with Crippen molar-refractivity contribution in [1.82, 2.24) is 0 Å². The molecule has 134 valence electrons. The predicted octanol–water partition coefficient (Wildman–Crippen LogP) is 3.66. The highest BCUT2D eigenvalue weighted by Crippen LogP contribution is 2.23. The Morgan fingerprint density at radius 1 is 1.04 bits per heavy atom. The molecule has 2 rings (SSSR count). The molecular weight excluding hydrogens is 404 g/mol. The number of rotatable bonds is 6. The molecule has 0 unspecified atom stereocenters. The molecule has 0 fully saturated rings. The third-order valence-electron chi connectivity index (χ3n) is 3.59. The van der Waals surface area contributed by atoms with Crippen molar-refractivity contribution in [2.45, 2.75) is 19.9 Å². The molecule has 0 saturated carbocycles. The van der Waals surface area contributed by atoms with Crippen LogP contribution in [0.1, 0.15) is 13.8 Å². The van der Waals surface area contributed by atoms with Crippen molar-refractivity contribution in [2.75, 3.05) is 22.0 Å². The van der Waals surface area contributed by atoms with Gasteiger partial charge in [-0.3, -0.25) is 9.10 Å². The number of nitrogens with zero attached hydrogens (tertiary/aromatic N) is 2. The van der Waals surface area contributed by atoms with Crippen molar-refractivity contribution in [2.24, 2.45) is 0 Å². The monoisotopic (exact) mass is 424 g/mol. The lowest BCUT2D eigenvalue weighted by Crippen LogP contribution is -2.45. The van der Waals surface area contributed by atoms with Crippen molar-refractivity contribution in [3.8, 4) is 0 Å². The molecule has 5 nitrogen and oxygen atoms in total. The average molecular weight is 425 g/mol. The van der Waals surface area contributed by atoms with E-state index in [1.54, 1.807) is 29.2 Å². The fraction of sp³-hybridized carbons (Fsp3) is 0.278. The van der Waals surface area contributed by atoms with E-state index in [-0.39, 0.29) is 18.5 Å². The molecule has 0 radical (unpaired) electrons. The molecule has 0 saturated heterocycles. The summed E-state index contributed by atoms with van der Waals surface area (Å²) in [6, 6.07) is 16.0. The highest BCUT2D eigenvalue weighted by Gasteiger charge is 2.26. The van der Waals surface area contributed by atoms with Crippen molar-refractivity contribution < 1.29 is 13.2 Å². The molecule has 0 heterocycles. The summed E-state index contributed by atoms with van der Waals surface area (Å²) in [5, 5.41) is 0. The number of amides is 1. The zero-order valence-corrected chi connectivity index (χ0v) is 16.8. The standard InChI is InChI=1S/C18H21BrN2O3S/c1-14(2)21(16-9-5-4-6-10-16)18(22)13-20(25(3,23)24)17-11-7-8-15(19)12-17/h4-12,14H,13H2,1-3H3. The minimum absolute atomic E-state index is 0.0983. The lowest BCUT2D eigenvalue weighted by Gasteiger charge is -2.30. The van der Waals surface area contributed by atoms with Crippen LogP contribution in [0.3, 0.4) is 0 Å². The van der Waals surface area contributed by atoms with E-state index in [0.29, 0.717) is 5.69 Å². The van der Waals surface area contributed by atoms with E-state index in [0.717, 1.165) is 20.7 Å². The number of hydrogen-bond donors (Lipinski definition) is 0. The van der Waals surface area contributed by atoms with Crippen molar-refractivity contribution in [1.29, 1.82) is 0 Å². The summed E-state index contributed by atoms with van der Waals surface area (Å²) < 4.78 is 26.4. The van der Waals surface area contributed by atoms with E-state index in [4.69, 9.17) is 0 Å². The minimum atomic E-state index is -3.61. The second-order valence-corrected chi connectivity index (χ2v) is 8.77. The third-order valence-corrected chi connectivity index (χ3v) is 5.23. The first-order valence-electron chi connectivity index (χ1n) is 7.80. The normalized spacial score (nSPS) is 11.4. The van der Waals surface area contributed by atoms with Crippen molar-refractivity contribution in [3.05, 3.63) is 59.1 Å². The van der Waals surface area contributed by atoms with Gasteiger partial charge in [0.05, 0.1) is 11.9 Å². The Hall–Kier alpha value is -1.86. The molecular formula is C18H21BrN2O3S. The summed E-state index contributed by atoms with van der Waals surface area (Å²) in [7, 11) is -3.61. The van der Waals surface area contributed by atoms with Gasteiger partial charge in [0.25, 0.3) is 0 Å². The number of benzene rings is 2. The van der Waals surface area contributed by atoms with Crippen LogP contribution in [-0.4, -0.2) is 33.2 Å². The Labute approximate surface area is 157 Å². The second-order valence-electron chi connectivity index (χ2n) is 5.94. The number of carbonyl (C=O) groups is 1. The van der Waals surface area contributed by atoms with Gasteiger partial charge in [-0.1, -0.05) is 40.2 Å². The molecule has 2 aromatic rings. The molecule has 1 amide bonds. The zero-order valence-electron chi connectivity index (χ0n) is 14.4. The molecule has 0 aliphatic rings.